The van der Waals surface area contributed by atoms with E-state index in [0.717, 1.165) is 0 Å². The molecule has 0 atom stereocenters. The first-order valence-electron chi connectivity index (χ1n) is 5.14. The van der Waals surface area contributed by atoms with Gasteiger partial charge < -0.3 is 0 Å². The highest BCUT2D eigenvalue weighted by atomic mass is 14.2. The van der Waals surface area contributed by atoms with E-state index in [4.69, 9.17) is 0 Å². The van der Waals surface area contributed by atoms with Crippen molar-refractivity contribution in [1.29, 1.82) is 0 Å². The topological polar surface area (TPSA) is 0 Å². The lowest BCUT2D eigenvalue weighted by molar-refractivity contribution is 1.53. The molecule has 15 heavy (non-hydrogen) atoms. The highest BCUT2D eigenvalue weighted by Crippen LogP contribution is 2.32. The molecule has 1 aliphatic carbocycles. The minimum Gasteiger partial charge on any atom is -0.0622 e. The fourth-order valence-corrected chi connectivity index (χ4v) is 1.95. The van der Waals surface area contributed by atoms with Crippen LogP contribution in [0.1, 0.15) is 16.7 Å². The SMILES string of the molecule is [CH]1C(c2ccccc2)=Cc2ccccc21. The second-order valence-electron chi connectivity index (χ2n) is 3.74. The van der Waals surface area contributed by atoms with Gasteiger partial charge in [-0.2, -0.15) is 0 Å². The van der Waals surface area contributed by atoms with Crippen molar-refractivity contribution in [3.05, 3.63) is 77.7 Å². The van der Waals surface area contributed by atoms with Crippen LogP contribution in [0.5, 0.6) is 0 Å². The van der Waals surface area contributed by atoms with Gasteiger partial charge in [0, 0.05) is 6.42 Å². The molecule has 0 unspecified atom stereocenters. The van der Waals surface area contributed by atoms with Crippen LogP contribution in [-0.4, -0.2) is 0 Å². The average Bonchev–Trinajstić information content (AvgIpc) is 2.74. The lowest BCUT2D eigenvalue weighted by atomic mass is 10.0. The van der Waals surface area contributed by atoms with E-state index in [0.29, 0.717) is 0 Å². The van der Waals surface area contributed by atoms with Crippen LogP contribution in [0.25, 0.3) is 11.6 Å². The number of hydrogen-bond donors (Lipinski definition) is 0. The molecule has 3 rings (SSSR count). The van der Waals surface area contributed by atoms with E-state index in [1.165, 1.54) is 22.3 Å². The fourth-order valence-electron chi connectivity index (χ4n) is 1.95. The van der Waals surface area contributed by atoms with Crippen LogP contribution >= 0.6 is 0 Å². The van der Waals surface area contributed by atoms with Crippen LogP contribution in [0.3, 0.4) is 0 Å². The second kappa shape index (κ2) is 3.39. The molecule has 71 valence electrons. The molecule has 0 spiro atoms. The molecule has 2 aromatic carbocycles. The first-order chi connectivity index (χ1) is 7.43. The molecule has 2 aromatic rings. The first-order valence-corrected chi connectivity index (χ1v) is 5.14. The number of benzene rings is 2. The standard InChI is InChI=1S/C15H11/c1-2-6-12(7-3-1)15-10-13-8-4-5-9-14(13)11-15/h1-11H. The highest BCUT2D eigenvalue weighted by Gasteiger charge is 2.12. The zero-order valence-corrected chi connectivity index (χ0v) is 8.35. The van der Waals surface area contributed by atoms with Crippen molar-refractivity contribution in [1.82, 2.24) is 0 Å². The summed E-state index contributed by atoms with van der Waals surface area (Å²) >= 11 is 0. The van der Waals surface area contributed by atoms with Crippen molar-refractivity contribution >= 4 is 11.6 Å². The molecule has 0 aliphatic heterocycles. The Morgan fingerprint density at radius 3 is 2.00 bits per heavy atom. The van der Waals surface area contributed by atoms with Gasteiger partial charge >= 0.3 is 0 Å². The van der Waals surface area contributed by atoms with Crippen LogP contribution in [0, 0.1) is 6.42 Å². The summed E-state index contributed by atoms with van der Waals surface area (Å²) in [6.45, 7) is 0. The Labute approximate surface area is 89.9 Å². The average molecular weight is 191 g/mol. The number of hydrogen-bond acceptors (Lipinski definition) is 0. The Kier molecular flexibility index (Phi) is 1.92. The van der Waals surface area contributed by atoms with Gasteiger partial charge in [0.2, 0.25) is 0 Å². The summed E-state index contributed by atoms with van der Waals surface area (Å²) in [5, 5.41) is 0. The van der Waals surface area contributed by atoms with Crippen molar-refractivity contribution in [2.24, 2.45) is 0 Å². The normalized spacial score (nSPS) is 13.5. The summed E-state index contributed by atoms with van der Waals surface area (Å²) in [6.07, 6.45) is 4.48. The Morgan fingerprint density at radius 2 is 1.27 bits per heavy atom. The lowest BCUT2D eigenvalue weighted by Gasteiger charge is -2.00. The smallest absolute Gasteiger partial charge is 0.0211 e. The van der Waals surface area contributed by atoms with Gasteiger partial charge in [-0.3, -0.25) is 0 Å². The van der Waals surface area contributed by atoms with Crippen molar-refractivity contribution in [2.45, 2.75) is 0 Å². The largest absolute Gasteiger partial charge is 0.0622 e. The quantitative estimate of drug-likeness (QED) is 0.643. The van der Waals surface area contributed by atoms with Gasteiger partial charge in [0.05, 0.1) is 0 Å². The molecule has 1 radical (unpaired) electrons. The maximum atomic E-state index is 2.24. The van der Waals surface area contributed by atoms with Gasteiger partial charge in [0.15, 0.2) is 0 Å². The number of allylic oxidation sites excluding steroid dienone is 1. The third-order valence-corrected chi connectivity index (χ3v) is 2.73. The summed E-state index contributed by atoms with van der Waals surface area (Å²) in [6, 6.07) is 19.0. The minimum atomic E-state index is 1.29. The minimum absolute atomic E-state index is 1.29. The van der Waals surface area contributed by atoms with Gasteiger partial charge in [-0.15, -0.1) is 0 Å². The molecule has 0 nitrogen and oxygen atoms in total. The van der Waals surface area contributed by atoms with E-state index in [-0.39, 0.29) is 0 Å². The predicted octanol–water partition coefficient (Wildman–Crippen LogP) is 3.79. The molecule has 0 saturated heterocycles. The molecule has 0 saturated carbocycles. The number of fused-ring (bicyclic) bond motifs is 1. The predicted molar refractivity (Wildman–Crippen MR) is 64.2 cm³/mol. The molecule has 0 fully saturated rings. The Balaban J connectivity index is 2.02. The summed E-state index contributed by atoms with van der Waals surface area (Å²) in [5.41, 5.74) is 5.22. The van der Waals surface area contributed by atoms with Gasteiger partial charge in [0.1, 0.15) is 0 Å². The molecule has 1 aliphatic rings. The molecular formula is C15H11. The van der Waals surface area contributed by atoms with Crippen LogP contribution < -0.4 is 0 Å². The first kappa shape index (κ1) is 8.49. The zero-order chi connectivity index (χ0) is 10.1. The fraction of sp³-hybridized carbons (Fsp3) is 0. The third-order valence-electron chi connectivity index (χ3n) is 2.73. The Morgan fingerprint density at radius 1 is 0.600 bits per heavy atom. The summed E-state index contributed by atoms with van der Waals surface area (Å²) in [5.74, 6) is 0. The molecular weight excluding hydrogens is 180 g/mol. The summed E-state index contributed by atoms with van der Waals surface area (Å²) < 4.78 is 0. The molecule has 0 bridgehead atoms. The van der Waals surface area contributed by atoms with Gasteiger partial charge in [-0.05, 0) is 22.3 Å². The van der Waals surface area contributed by atoms with Crippen LogP contribution in [0.15, 0.2) is 54.6 Å². The molecule has 0 N–H and O–H groups in total. The van der Waals surface area contributed by atoms with E-state index in [1.54, 1.807) is 0 Å². The van der Waals surface area contributed by atoms with Crippen molar-refractivity contribution in [2.75, 3.05) is 0 Å². The van der Waals surface area contributed by atoms with Crippen molar-refractivity contribution in [3.63, 3.8) is 0 Å². The van der Waals surface area contributed by atoms with Gasteiger partial charge in [-0.1, -0.05) is 60.7 Å². The monoisotopic (exact) mass is 191 g/mol. The van der Waals surface area contributed by atoms with E-state index in [9.17, 15) is 0 Å². The highest BCUT2D eigenvalue weighted by molar-refractivity contribution is 5.94. The zero-order valence-electron chi connectivity index (χ0n) is 8.35. The van der Waals surface area contributed by atoms with E-state index >= 15 is 0 Å². The lowest BCUT2D eigenvalue weighted by Crippen LogP contribution is -1.81. The van der Waals surface area contributed by atoms with Crippen LogP contribution in [0.2, 0.25) is 0 Å². The van der Waals surface area contributed by atoms with Crippen LogP contribution in [-0.2, 0) is 0 Å². The van der Waals surface area contributed by atoms with Gasteiger partial charge in [-0.25, -0.2) is 0 Å². The molecule has 0 heteroatoms. The third kappa shape index (κ3) is 1.48. The van der Waals surface area contributed by atoms with Crippen molar-refractivity contribution < 1.29 is 0 Å². The van der Waals surface area contributed by atoms with E-state index < -0.39 is 0 Å². The Bertz CT molecular complexity index is 507. The maximum absolute atomic E-state index is 2.24. The van der Waals surface area contributed by atoms with E-state index in [2.05, 4.69) is 61.0 Å². The summed E-state index contributed by atoms with van der Waals surface area (Å²) in [7, 11) is 0. The summed E-state index contributed by atoms with van der Waals surface area (Å²) in [4.78, 5) is 0. The maximum Gasteiger partial charge on any atom is 0.0211 e. The Hall–Kier alpha value is -1.82. The molecule has 0 amide bonds. The van der Waals surface area contributed by atoms with E-state index in [1.807, 2.05) is 6.07 Å². The molecule has 0 aromatic heterocycles. The van der Waals surface area contributed by atoms with Crippen LogP contribution in [0.4, 0.5) is 0 Å². The number of rotatable bonds is 1. The van der Waals surface area contributed by atoms with Crippen molar-refractivity contribution in [3.8, 4) is 0 Å². The molecule has 0 heterocycles. The second-order valence-corrected chi connectivity index (χ2v) is 3.74. The van der Waals surface area contributed by atoms with Gasteiger partial charge in [0.25, 0.3) is 0 Å².